The van der Waals surface area contributed by atoms with E-state index in [0.29, 0.717) is 0 Å². The first kappa shape index (κ1) is 17.8. The molecule has 1 amide bonds. The number of hydrogen-bond acceptors (Lipinski definition) is 4. The summed E-state index contributed by atoms with van der Waals surface area (Å²) in [5.41, 5.74) is -0.922. The number of carbonyl (C=O) groups is 2. The number of nitrogens with zero attached hydrogens (tertiary/aromatic N) is 1. The van der Waals surface area contributed by atoms with Crippen molar-refractivity contribution in [1.29, 1.82) is 0 Å². The van der Waals surface area contributed by atoms with E-state index >= 15 is 0 Å². The van der Waals surface area contributed by atoms with Crippen molar-refractivity contribution in [2.45, 2.75) is 27.2 Å². The standard InChI is InChI=1S/C11H22N2O5S/c1-5-19(17,18)13(4)8-9(14)12-7-6-11(2,3)10(15)16/h5-8H2,1-4H3,(H,12,14)(H,15,16). The van der Waals surface area contributed by atoms with Crippen LogP contribution in [0.2, 0.25) is 0 Å². The molecule has 19 heavy (non-hydrogen) atoms. The Bertz CT molecular complexity index is 430. The van der Waals surface area contributed by atoms with E-state index in [4.69, 9.17) is 5.11 Å². The quantitative estimate of drug-likeness (QED) is 0.650. The highest BCUT2D eigenvalue weighted by Gasteiger charge is 2.26. The van der Waals surface area contributed by atoms with Gasteiger partial charge in [0.05, 0.1) is 17.7 Å². The maximum absolute atomic E-state index is 11.5. The van der Waals surface area contributed by atoms with Gasteiger partial charge in [0.25, 0.3) is 0 Å². The Kier molecular flexibility index (Phi) is 6.44. The average Bonchev–Trinajstić information content (AvgIpc) is 2.28. The summed E-state index contributed by atoms with van der Waals surface area (Å²) in [5, 5.41) is 11.4. The van der Waals surface area contributed by atoms with Crippen molar-refractivity contribution in [1.82, 2.24) is 9.62 Å². The summed E-state index contributed by atoms with van der Waals surface area (Å²) in [4.78, 5) is 22.4. The van der Waals surface area contributed by atoms with Crippen LogP contribution < -0.4 is 5.32 Å². The molecule has 0 aliphatic carbocycles. The van der Waals surface area contributed by atoms with Crippen molar-refractivity contribution in [3.8, 4) is 0 Å². The van der Waals surface area contributed by atoms with Gasteiger partial charge in [-0.25, -0.2) is 8.42 Å². The molecule has 0 saturated heterocycles. The topological polar surface area (TPSA) is 104 Å². The minimum Gasteiger partial charge on any atom is -0.481 e. The van der Waals surface area contributed by atoms with E-state index in [9.17, 15) is 18.0 Å². The van der Waals surface area contributed by atoms with Crippen molar-refractivity contribution < 1.29 is 23.1 Å². The Hall–Kier alpha value is -1.15. The van der Waals surface area contributed by atoms with E-state index in [1.54, 1.807) is 13.8 Å². The molecule has 0 bridgehead atoms. The number of aliphatic carboxylic acids is 1. The molecule has 0 aromatic rings. The fourth-order valence-electron chi connectivity index (χ4n) is 1.20. The Morgan fingerprint density at radius 3 is 2.26 bits per heavy atom. The van der Waals surface area contributed by atoms with Gasteiger partial charge in [0.1, 0.15) is 0 Å². The molecular weight excluding hydrogens is 272 g/mol. The van der Waals surface area contributed by atoms with Gasteiger partial charge in [-0.15, -0.1) is 0 Å². The summed E-state index contributed by atoms with van der Waals surface area (Å²) in [6, 6.07) is 0. The normalized spacial score (nSPS) is 12.5. The zero-order chi connectivity index (χ0) is 15.3. The Morgan fingerprint density at radius 2 is 1.84 bits per heavy atom. The maximum atomic E-state index is 11.5. The van der Waals surface area contributed by atoms with Gasteiger partial charge in [0.2, 0.25) is 15.9 Å². The molecule has 0 fully saturated rings. The first-order valence-corrected chi connectivity index (χ1v) is 7.58. The number of carboxylic acid groups (broad SMARTS) is 1. The van der Waals surface area contributed by atoms with Crippen LogP contribution in [0, 0.1) is 5.41 Å². The fourth-order valence-corrected chi connectivity index (χ4v) is 1.95. The second-order valence-corrected chi connectivity index (χ2v) is 7.31. The largest absolute Gasteiger partial charge is 0.481 e. The van der Waals surface area contributed by atoms with Crippen LogP contribution in [-0.2, 0) is 19.6 Å². The molecule has 0 atom stereocenters. The number of rotatable bonds is 8. The van der Waals surface area contributed by atoms with Crippen LogP contribution in [0.1, 0.15) is 27.2 Å². The molecule has 0 rings (SSSR count). The lowest BCUT2D eigenvalue weighted by atomic mass is 9.90. The van der Waals surface area contributed by atoms with Crippen molar-refractivity contribution >= 4 is 21.9 Å². The molecule has 0 spiro atoms. The highest BCUT2D eigenvalue weighted by molar-refractivity contribution is 7.89. The van der Waals surface area contributed by atoms with Crippen LogP contribution in [-0.4, -0.2) is 55.6 Å². The van der Waals surface area contributed by atoms with Crippen LogP contribution in [0.25, 0.3) is 0 Å². The third-order valence-corrected chi connectivity index (χ3v) is 4.67. The maximum Gasteiger partial charge on any atom is 0.309 e. The minimum atomic E-state index is -3.38. The lowest BCUT2D eigenvalue weighted by molar-refractivity contribution is -0.147. The smallest absolute Gasteiger partial charge is 0.309 e. The van der Waals surface area contributed by atoms with E-state index in [2.05, 4.69) is 5.32 Å². The average molecular weight is 294 g/mol. The fraction of sp³-hybridized carbons (Fsp3) is 0.818. The molecule has 0 unspecified atom stereocenters. The zero-order valence-corrected chi connectivity index (χ0v) is 12.6. The van der Waals surface area contributed by atoms with Gasteiger partial charge in [-0.3, -0.25) is 9.59 Å². The predicted molar refractivity (Wildman–Crippen MR) is 71.1 cm³/mol. The highest BCUT2D eigenvalue weighted by Crippen LogP contribution is 2.19. The van der Waals surface area contributed by atoms with Crippen molar-refractivity contribution in [3.05, 3.63) is 0 Å². The van der Waals surface area contributed by atoms with Crippen molar-refractivity contribution in [3.63, 3.8) is 0 Å². The summed E-state index contributed by atoms with van der Waals surface area (Å²) >= 11 is 0. The number of carbonyl (C=O) groups excluding carboxylic acids is 1. The molecule has 0 radical (unpaired) electrons. The number of nitrogens with one attached hydrogen (secondary N) is 1. The molecular formula is C11H22N2O5S. The lowest BCUT2D eigenvalue weighted by Gasteiger charge is -2.20. The third-order valence-electron chi connectivity index (χ3n) is 2.86. The summed E-state index contributed by atoms with van der Waals surface area (Å²) in [5.74, 6) is -1.45. The van der Waals surface area contributed by atoms with Crippen LogP contribution in [0.15, 0.2) is 0 Å². The molecule has 0 saturated carbocycles. The van der Waals surface area contributed by atoms with Crippen LogP contribution in [0.4, 0.5) is 0 Å². The predicted octanol–water partition coefficient (Wildman–Crippen LogP) is -0.115. The lowest BCUT2D eigenvalue weighted by Crippen LogP contribution is -2.40. The number of carboxylic acids is 1. The Morgan fingerprint density at radius 1 is 1.32 bits per heavy atom. The number of hydrogen-bond donors (Lipinski definition) is 2. The number of sulfonamides is 1. The summed E-state index contributed by atoms with van der Waals surface area (Å²) in [6.07, 6.45) is 0.276. The second-order valence-electron chi connectivity index (χ2n) is 4.95. The molecule has 0 aliphatic rings. The molecule has 2 N–H and O–H groups in total. The molecule has 0 aliphatic heterocycles. The number of likely N-dealkylation sites (N-methyl/N-ethyl adjacent to an activating group) is 1. The zero-order valence-electron chi connectivity index (χ0n) is 11.8. The van der Waals surface area contributed by atoms with Gasteiger partial charge in [0.15, 0.2) is 0 Å². The van der Waals surface area contributed by atoms with Crippen LogP contribution in [0.5, 0.6) is 0 Å². The van der Waals surface area contributed by atoms with E-state index < -0.39 is 27.3 Å². The summed E-state index contributed by atoms with van der Waals surface area (Å²) < 4.78 is 23.8. The first-order valence-electron chi connectivity index (χ1n) is 5.97. The molecule has 7 nitrogen and oxygen atoms in total. The SMILES string of the molecule is CCS(=O)(=O)N(C)CC(=O)NCCC(C)(C)C(=O)O. The molecule has 0 aromatic heterocycles. The molecule has 0 aromatic carbocycles. The third kappa shape index (κ3) is 6.02. The van der Waals surface area contributed by atoms with Crippen LogP contribution >= 0.6 is 0 Å². The molecule has 112 valence electrons. The van der Waals surface area contributed by atoms with Gasteiger partial charge in [0, 0.05) is 13.6 Å². The van der Waals surface area contributed by atoms with Gasteiger partial charge in [-0.05, 0) is 27.2 Å². The van der Waals surface area contributed by atoms with E-state index in [-0.39, 0.29) is 25.3 Å². The minimum absolute atomic E-state index is 0.0666. The van der Waals surface area contributed by atoms with Crippen molar-refractivity contribution in [2.24, 2.45) is 5.41 Å². The Balaban J connectivity index is 4.19. The van der Waals surface area contributed by atoms with E-state index in [1.807, 2.05) is 0 Å². The molecule has 0 heterocycles. The van der Waals surface area contributed by atoms with Gasteiger partial charge in [-0.2, -0.15) is 4.31 Å². The monoisotopic (exact) mass is 294 g/mol. The molecule has 8 heteroatoms. The van der Waals surface area contributed by atoms with E-state index in [1.165, 1.54) is 14.0 Å². The number of amides is 1. The van der Waals surface area contributed by atoms with Gasteiger partial charge in [-0.1, -0.05) is 0 Å². The first-order chi connectivity index (χ1) is 8.53. The van der Waals surface area contributed by atoms with Gasteiger partial charge >= 0.3 is 5.97 Å². The van der Waals surface area contributed by atoms with E-state index in [0.717, 1.165) is 4.31 Å². The highest BCUT2D eigenvalue weighted by atomic mass is 32.2. The van der Waals surface area contributed by atoms with Gasteiger partial charge < -0.3 is 10.4 Å². The second kappa shape index (κ2) is 6.85. The summed E-state index contributed by atoms with van der Waals surface area (Å²) in [6.45, 7) is 4.56. The van der Waals surface area contributed by atoms with Crippen molar-refractivity contribution in [2.75, 3.05) is 25.9 Å². The summed E-state index contributed by atoms with van der Waals surface area (Å²) in [7, 11) is -2.05. The Labute approximate surface area is 114 Å². The van der Waals surface area contributed by atoms with Crippen LogP contribution in [0.3, 0.4) is 0 Å².